The van der Waals surface area contributed by atoms with Crippen molar-refractivity contribution in [1.29, 1.82) is 0 Å². The second kappa shape index (κ2) is 9.00. The molecule has 1 fully saturated rings. The number of hydrogen-bond donors (Lipinski definition) is 2. The van der Waals surface area contributed by atoms with Gasteiger partial charge in [-0.15, -0.1) is 0 Å². The third-order valence-corrected chi connectivity index (χ3v) is 4.05. The van der Waals surface area contributed by atoms with Crippen LogP contribution in [-0.2, 0) is 0 Å². The molecular weight excluding hydrogens is 196 g/mol. The molecule has 0 amide bonds. The molecule has 0 radical (unpaired) electrons. The average Bonchev–Trinajstić information content (AvgIpc) is 2.35. The van der Waals surface area contributed by atoms with E-state index in [9.17, 15) is 0 Å². The highest BCUT2D eigenvalue weighted by Gasteiger charge is 2.21. The Hall–Kier alpha value is -0.0800. The molecule has 96 valence electrons. The van der Waals surface area contributed by atoms with Gasteiger partial charge in [-0.05, 0) is 25.2 Å². The van der Waals surface area contributed by atoms with Crippen LogP contribution < -0.4 is 11.3 Å². The van der Waals surface area contributed by atoms with Gasteiger partial charge in [0.25, 0.3) is 0 Å². The fourth-order valence-corrected chi connectivity index (χ4v) is 2.96. The van der Waals surface area contributed by atoms with Gasteiger partial charge < -0.3 is 0 Å². The van der Waals surface area contributed by atoms with E-state index in [1.54, 1.807) is 0 Å². The van der Waals surface area contributed by atoms with Crippen molar-refractivity contribution in [2.75, 3.05) is 0 Å². The molecule has 2 nitrogen and oxygen atoms in total. The van der Waals surface area contributed by atoms with Crippen molar-refractivity contribution in [2.24, 2.45) is 11.8 Å². The molecule has 0 aromatic rings. The van der Waals surface area contributed by atoms with E-state index in [0.29, 0.717) is 6.04 Å². The summed E-state index contributed by atoms with van der Waals surface area (Å²) in [5.74, 6) is 6.55. The van der Waals surface area contributed by atoms with Crippen LogP contribution in [0, 0.1) is 5.92 Å². The molecule has 1 atom stereocenters. The molecule has 0 bridgehead atoms. The van der Waals surface area contributed by atoms with Gasteiger partial charge in [-0.25, -0.2) is 0 Å². The van der Waals surface area contributed by atoms with Crippen molar-refractivity contribution in [3.05, 3.63) is 0 Å². The number of unbranched alkanes of at least 4 members (excludes halogenated alkanes) is 4. The lowest BCUT2D eigenvalue weighted by Gasteiger charge is -2.29. The maximum Gasteiger partial charge on any atom is 0.0238 e. The first-order valence-electron chi connectivity index (χ1n) is 7.34. The van der Waals surface area contributed by atoms with Crippen LogP contribution in [0.15, 0.2) is 0 Å². The van der Waals surface area contributed by atoms with E-state index < -0.39 is 0 Å². The topological polar surface area (TPSA) is 38.0 Å². The summed E-state index contributed by atoms with van der Waals surface area (Å²) >= 11 is 0. The van der Waals surface area contributed by atoms with Gasteiger partial charge in [0.1, 0.15) is 0 Å². The van der Waals surface area contributed by atoms with Crippen LogP contribution in [0.3, 0.4) is 0 Å². The minimum absolute atomic E-state index is 0.585. The Bertz CT molecular complexity index is 153. The van der Waals surface area contributed by atoms with E-state index in [-0.39, 0.29) is 0 Å². The molecule has 0 saturated heterocycles. The van der Waals surface area contributed by atoms with E-state index in [1.165, 1.54) is 70.6 Å². The number of nitrogens with one attached hydrogen (secondary N) is 1. The standard InChI is InChI=1S/C14H30N2/c1-2-3-4-5-9-12-14(16-15)13-10-7-6-8-11-13/h13-14,16H,2-12,15H2,1H3. The Labute approximate surface area is 101 Å². The molecule has 16 heavy (non-hydrogen) atoms. The molecule has 0 heterocycles. The molecule has 1 rings (SSSR count). The van der Waals surface area contributed by atoms with Crippen molar-refractivity contribution >= 4 is 0 Å². The highest BCUT2D eigenvalue weighted by Crippen LogP contribution is 2.28. The van der Waals surface area contributed by atoms with Crippen LogP contribution in [0.1, 0.15) is 77.6 Å². The fraction of sp³-hybridized carbons (Fsp3) is 1.00. The summed E-state index contributed by atoms with van der Waals surface area (Å²) < 4.78 is 0. The van der Waals surface area contributed by atoms with Crippen molar-refractivity contribution < 1.29 is 0 Å². The van der Waals surface area contributed by atoms with E-state index in [1.807, 2.05) is 0 Å². The maximum absolute atomic E-state index is 5.69. The molecule has 1 saturated carbocycles. The summed E-state index contributed by atoms with van der Waals surface area (Å²) in [4.78, 5) is 0. The van der Waals surface area contributed by atoms with Gasteiger partial charge in [0, 0.05) is 6.04 Å². The molecule has 1 aliphatic carbocycles. The summed E-state index contributed by atoms with van der Waals surface area (Å²) in [5.41, 5.74) is 3.06. The second-order valence-corrected chi connectivity index (χ2v) is 5.37. The SMILES string of the molecule is CCCCCCCC(NN)C1CCCCC1. The van der Waals surface area contributed by atoms with Gasteiger partial charge in [0.05, 0.1) is 0 Å². The van der Waals surface area contributed by atoms with Gasteiger partial charge in [-0.2, -0.15) is 0 Å². The lowest BCUT2D eigenvalue weighted by atomic mass is 9.82. The molecule has 0 aliphatic heterocycles. The van der Waals surface area contributed by atoms with E-state index >= 15 is 0 Å². The summed E-state index contributed by atoms with van der Waals surface area (Å²) in [6, 6.07) is 0.585. The molecule has 0 aromatic carbocycles. The summed E-state index contributed by atoms with van der Waals surface area (Å²) in [7, 11) is 0. The lowest BCUT2D eigenvalue weighted by Crippen LogP contribution is -2.41. The van der Waals surface area contributed by atoms with Crippen molar-refractivity contribution in [1.82, 2.24) is 5.43 Å². The third kappa shape index (κ3) is 5.31. The molecule has 1 aliphatic rings. The zero-order valence-electron chi connectivity index (χ0n) is 11.0. The van der Waals surface area contributed by atoms with Crippen LogP contribution in [0.25, 0.3) is 0 Å². The molecule has 1 unspecified atom stereocenters. The van der Waals surface area contributed by atoms with Gasteiger partial charge in [-0.3, -0.25) is 11.3 Å². The first-order chi connectivity index (χ1) is 7.88. The monoisotopic (exact) mass is 226 g/mol. The molecule has 2 heteroatoms. The Morgan fingerprint density at radius 1 is 1.06 bits per heavy atom. The Morgan fingerprint density at radius 3 is 2.38 bits per heavy atom. The van der Waals surface area contributed by atoms with Crippen LogP contribution >= 0.6 is 0 Å². The van der Waals surface area contributed by atoms with E-state index in [0.717, 1.165) is 5.92 Å². The van der Waals surface area contributed by atoms with Gasteiger partial charge in [0.2, 0.25) is 0 Å². The first kappa shape index (κ1) is 14.0. The van der Waals surface area contributed by atoms with Gasteiger partial charge >= 0.3 is 0 Å². The fourth-order valence-electron chi connectivity index (χ4n) is 2.96. The van der Waals surface area contributed by atoms with Crippen LogP contribution in [0.4, 0.5) is 0 Å². The molecule has 0 spiro atoms. The Kier molecular flexibility index (Phi) is 7.87. The minimum Gasteiger partial charge on any atom is -0.271 e. The average molecular weight is 226 g/mol. The minimum atomic E-state index is 0.585. The normalized spacial score (nSPS) is 19.9. The molecular formula is C14H30N2. The Balaban J connectivity index is 2.10. The zero-order chi connectivity index (χ0) is 11.6. The largest absolute Gasteiger partial charge is 0.271 e. The molecule has 3 N–H and O–H groups in total. The third-order valence-electron chi connectivity index (χ3n) is 4.05. The van der Waals surface area contributed by atoms with Gasteiger partial charge in [-0.1, -0.05) is 58.3 Å². The molecule has 0 aromatic heterocycles. The predicted molar refractivity (Wildman–Crippen MR) is 71.1 cm³/mol. The van der Waals surface area contributed by atoms with Crippen LogP contribution in [0.5, 0.6) is 0 Å². The van der Waals surface area contributed by atoms with E-state index in [2.05, 4.69) is 12.3 Å². The maximum atomic E-state index is 5.69. The quantitative estimate of drug-likeness (QED) is 0.376. The summed E-state index contributed by atoms with van der Waals surface area (Å²) in [5, 5.41) is 0. The van der Waals surface area contributed by atoms with Crippen molar-refractivity contribution in [3.63, 3.8) is 0 Å². The van der Waals surface area contributed by atoms with Crippen molar-refractivity contribution in [3.8, 4) is 0 Å². The number of hydrogen-bond acceptors (Lipinski definition) is 2. The summed E-state index contributed by atoms with van der Waals surface area (Å²) in [6.45, 7) is 2.27. The number of rotatable bonds is 8. The lowest BCUT2D eigenvalue weighted by molar-refractivity contribution is 0.255. The van der Waals surface area contributed by atoms with Crippen LogP contribution in [-0.4, -0.2) is 6.04 Å². The number of nitrogens with two attached hydrogens (primary N) is 1. The van der Waals surface area contributed by atoms with E-state index in [4.69, 9.17) is 5.84 Å². The van der Waals surface area contributed by atoms with Crippen LogP contribution in [0.2, 0.25) is 0 Å². The smallest absolute Gasteiger partial charge is 0.0238 e. The Morgan fingerprint density at radius 2 is 1.75 bits per heavy atom. The second-order valence-electron chi connectivity index (χ2n) is 5.37. The van der Waals surface area contributed by atoms with Crippen molar-refractivity contribution in [2.45, 2.75) is 83.6 Å². The van der Waals surface area contributed by atoms with Gasteiger partial charge in [0.15, 0.2) is 0 Å². The highest BCUT2D eigenvalue weighted by molar-refractivity contribution is 4.77. The number of hydrazine groups is 1. The predicted octanol–water partition coefficient (Wildman–Crippen LogP) is 3.76. The zero-order valence-corrected chi connectivity index (χ0v) is 11.0. The highest BCUT2D eigenvalue weighted by atomic mass is 15.2. The summed E-state index contributed by atoms with van der Waals surface area (Å²) in [6.07, 6.45) is 15.2. The first-order valence-corrected chi connectivity index (χ1v) is 7.34.